The lowest BCUT2D eigenvalue weighted by atomic mass is 10.0. The van der Waals surface area contributed by atoms with E-state index in [0.717, 1.165) is 16.8 Å². The summed E-state index contributed by atoms with van der Waals surface area (Å²) in [5.41, 5.74) is 3.39. The third kappa shape index (κ3) is 5.57. The number of rotatable bonds is 6. The fourth-order valence-electron chi connectivity index (χ4n) is 3.28. The highest BCUT2D eigenvalue weighted by Crippen LogP contribution is 2.36. The van der Waals surface area contributed by atoms with Gasteiger partial charge in [-0.2, -0.15) is 0 Å². The maximum absolute atomic E-state index is 12.4. The molecule has 0 aliphatic rings. The third-order valence-electron chi connectivity index (χ3n) is 5.09. The lowest BCUT2D eigenvalue weighted by Crippen LogP contribution is -2.26. The van der Waals surface area contributed by atoms with Crippen molar-refractivity contribution >= 4 is 18.3 Å². The molecular formula is C26H29N5O4. The molecule has 0 unspecified atom stereocenters. The number of aryl methyl sites for hydroxylation is 2. The molecule has 0 atom stereocenters. The van der Waals surface area contributed by atoms with Crippen LogP contribution in [0.15, 0.2) is 55.1 Å². The first-order chi connectivity index (χ1) is 16.6. The number of nitrogens with zero attached hydrogens (tertiary/aromatic N) is 5. The highest BCUT2D eigenvalue weighted by atomic mass is 16.6. The molecule has 0 saturated heterocycles. The molecule has 0 bridgehead atoms. The van der Waals surface area contributed by atoms with Crippen LogP contribution in [-0.2, 0) is 0 Å². The minimum Gasteiger partial charge on any atom is -0.410 e. The largest absolute Gasteiger partial charge is 0.414 e. The van der Waals surface area contributed by atoms with Crippen LogP contribution in [0.2, 0.25) is 0 Å². The van der Waals surface area contributed by atoms with E-state index in [0.29, 0.717) is 17.2 Å². The second-order valence-corrected chi connectivity index (χ2v) is 8.19. The lowest BCUT2D eigenvalue weighted by Gasteiger charge is -2.18. The first-order valence-corrected chi connectivity index (χ1v) is 10.9. The van der Waals surface area contributed by atoms with Gasteiger partial charge in [-0.3, -0.25) is 4.57 Å². The molecule has 1 heterocycles. The maximum atomic E-state index is 12.4. The van der Waals surface area contributed by atoms with Crippen molar-refractivity contribution in [3.05, 3.63) is 72.1 Å². The molecule has 0 N–H and O–H groups in total. The SMILES string of the molecule is C=C/C=C\c1c(C)cccc1-n1c(C)nnc1-c1ccc(OC(=O)N(C)C)cc1OC(=O)N(C)C. The molecule has 0 radical (unpaired) electrons. The minimum absolute atomic E-state index is 0.178. The quantitative estimate of drug-likeness (QED) is 0.473. The van der Waals surface area contributed by atoms with Crippen molar-refractivity contribution in [3.63, 3.8) is 0 Å². The van der Waals surface area contributed by atoms with E-state index < -0.39 is 12.2 Å². The summed E-state index contributed by atoms with van der Waals surface area (Å²) in [4.78, 5) is 27.1. The van der Waals surface area contributed by atoms with Gasteiger partial charge in [0.25, 0.3) is 0 Å². The van der Waals surface area contributed by atoms with E-state index in [1.165, 1.54) is 15.9 Å². The highest BCUT2D eigenvalue weighted by Gasteiger charge is 2.22. The van der Waals surface area contributed by atoms with E-state index in [-0.39, 0.29) is 11.5 Å². The second kappa shape index (κ2) is 10.7. The Labute approximate surface area is 204 Å². The van der Waals surface area contributed by atoms with E-state index in [9.17, 15) is 9.59 Å². The molecule has 2 amide bonds. The monoisotopic (exact) mass is 475 g/mol. The molecule has 9 nitrogen and oxygen atoms in total. The van der Waals surface area contributed by atoms with Gasteiger partial charge in [0.15, 0.2) is 5.82 Å². The van der Waals surface area contributed by atoms with Crippen LogP contribution in [0.1, 0.15) is 17.0 Å². The third-order valence-corrected chi connectivity index (χ3v) is 5.09. The molecule has 0 aliphatic carbocycles. The van der Waals surface area contributed by atoms with Gasteiger partial charge in [0.05, 0.1) is 11.3 Å². The Morgan fingerprint density at radius 3 is 2.31 bits per heavy atom. The highest BCUT2D eigenvalue weighted by molar-refractivity contribution is 5.78. The summed E-state index contributed by atoms with van der Waals surface area (Å²) in [5, 5.41) is 8.69. The van der Waals surface area contributed by atoms with Crippen LogP contribution in [0.25, 0.3) is 23.2 Å². The van der Waals surface area contributed by atoms with Gasteiger partial charge in [-0.25, -0.2) is 9.59 Å². The average Bonchev–Trinajstić information content (AvgIpc) is 3.19. The van der Waals surface area contributed by atoms with Crippen LogP contribution in [0.5, 0.6) is 11.5 Å². The molecule has 35 heavy (non-hydrogen) atoms. The summed E-state index contributed by atoms with van der Waals surface area (Å²) >= 11 is 0. The lowest BCUT2D eigenvalue weighted by molar-refractivity contribution is 0.170. The summed E-state index contributed by atoms with van der Waals surface area (Å²) in [6.45, 7) is 7.63. The number of aromatic nitrogens is 3. The molecule has 9 heteroatoms. The van der Waals surface area contributed by atoms with Crippen molar-refractivity contribution in [2.45, 2.75) is 13.8 Å². The zero-order valence-electron chi connectivity index (χ0n) is 20.8. The topological polar surface area (TPSA) is 89.8 Å². The van der Waals surface area contributed by atoms with Gasteiger partial charge in [-0.05, 0) is 37.6 Å². The van der Waals surface area contributed by atoms with Gasteiger partial charge < -0.3 is 19.3 Å². The molecule has 0 fully saturated rings. The first-order valence-electron chi connectivity index (χ1n) is 10.9. The van der Waals surface area contributed by atoms with Crippen molar-refractivity contribution in [1.82, 2.24) is 24.6 Å². The van der Waals surface area contributed by atoms with Gasteiger partial charge in [0, 0.05) is 39.8 Å². The molecule has 0 spiro atoms. The van der Waals surface area contributed by atoms with Crippen molar-refractivity contribution in [3.8, 4) is 28.6 Å². The molecule has 3 aromatic rings. The Morgan fingerprint density at radius 1 is 0.971 bits per heavy atom. The van der Waals surface area contributed by atoms with Crippen LogP contribution < -0.4 is 9.47 Å². The summed E-state index contributed by atoms with van der Waals surface area (Å²) in [7, 11) is 6.31. The van der Waals surface area contributed by atoms with Crippen molar-refractivity contribution in [1.29, 1.82) is 0 Å². The molecule has 3 rings (SSSR count). The number of carbonyl (C=O) groups excluding carboxylic acids is 2. The van der Waals surface area contributed by atoms with Gasteiger partial charge in [0.1, 0.15) is 17.3 Å². The van der Waals surface area contributed by atoms with Crippen molar-refractivity contribution in [2.75, 3.05) is 28.2 Å². The molecule has 1 aromatic heterocycles. The number of carbonyl (C=O) groups is 2. The maximum Gasteiger partial charge on any atom is 0.414 e. The van der Waals surface area contributed by atoms with Gasteiger partial charge >= 0.3 is 12.2 Å². The van der Waals surface area contributed by atoms with E-state index in [1.54, 1.807) is 46.4 Å². The van der Waals surface area contributed by atoms with Gasteiger partial charge in [-0.1, -0.05) is 36.9 Å². The normalized spacial score (nSPS) is 10.8. The van der Waals surface area contributed by atoms with Crippen molar-refractivity contribution in [2.24, 2.45) is 0 Å². The molecule has 0 saturated carbocycles. The van der Waals surface area contributed by atoms with E-state index in [4.69, 9.17) is 9.47 Å². The number of allylic oxidation sites excluding steroid dienone is 2. The first kappa shape index (κ1) is 25.2. The predicted molar refractivity (Wildman–Crippen MR) is 135 cm³/mol. The number of benzene rings is 2. The second-order valence-electron chi connectivity index (χ2n) is 8.19. The number of hydrogen-bond acceptors (Lipinski definition) is 6. The molecular weight excluding hydrogens is 446 g/mol. The Bertz CT molecular complexity index is 1290. The Morgan fingerprint density at radius 2 is 1.66 bits per heavy atom. The van der Waals surface area contributed by atoms with E-state index in [2.05, 4.69) is 16.8 Å². The zero-order valence-corrected chi connectivity index (χ0v) is 20.8. The molecule has 2 aromatic carbocycles. The summed E-state index contributed by atoms with van der Waals surface area (Å²) < 4.78 is 12.9. The fourth-order valence-corrected chi connectivity index (χ4v) is 3.28. The Balaban J connectivity index is 2.20. The zero-order chi connectivity index (χ0) is 25.7. The molecule has 0 aliphatic heterocycles. The van der Waals surface area contributed by atoms with Crippen LogP contribution in [0, 0.1) is 13.8 Å². The summed E-state index contributed by atoms with van der Waals surface area (Å²) in [6, 6.07) is 10.7. The number of amides is 2. The summed E-state index contributed by atoms with van der Waals surface area (Å²) in [6.07, 6.45) is 4.40. The predicted octanol–water partition coefficient (Wildman–Crippen LogP) is 4.87. The van der Waals surface area contributed by atoms with Crippen LogP contribution in [0.4, 0.5) is 9.59 Å². The van der Waals surface area contributed by atoms with Crippen molar-refractivity contribution < 1.29 is 19.1 Å². The van der Waals surface area contributed by atoms with Crippen LogP contribution in [0.3, 0.4) is 0 Å². The smallest absolute Gasteiger partial charge is 0.410 e. The standard InChI is InChI=1S/C26H29N5O4/c1-8-9-12-20-17(2)11-10-13-22(20)31-18(3)27-28-24(31)21-15-14-19(34-25(32)29(4)5)16-23(21)35-26(33)30(6)7/h8-16H,1H2,2-7H3/b12-9-. The Kier molecular flexibility index (Phi) is 7.70. The fraction of sp³-hybridized carbons (Fsp3) is 0.231. The van der Waals surface area contributed by atoms with Crippen LogP contribution >= 0.6 is 0 Å². The number of ether oxygens (including phenoxy) is 2. The van der Waals surface area contributed by atoms with Gasteiger partial charge in [-0.15, -0.1) is 10.2 Å². The van der Waals surface area contributed by atoms with E-state index >= 15 is 0 Å². The average molecular weight is 476 g/mol. The van der Waals surface area contributed by atoms with Gasteiger partial charge in [0.2, 0.25) is 0 Å². The van der Waals surface area contributed by atoms with Crippen LogP contribution in [-0.4, -0.2) is 64.9 Å². The Hall–Kier alpha value is -4.40. The summed E-state index contributed by atoms with van der Waals surface area (Å²) in [5.74, 6) is 1.51. The number of hydrogen-bond donors (Lipinski definition) is 0. The molecule has 182 valence electrons. The minimum atomic E-state index is -0.588. The van der Waals surface area contributed by atoms with E-state index in [1.807, 2.05) is 48.8 Å².